The second kappa shape index (κ2) is 10.7. The predicted molar refractivity (Wildman–Crippen MR) is 63.2 cm³/mol. The van der Waals surface area contributed by atoms with Gasteiger partial charge in [0.2, 0.25) is 24.3 Å². The van der Waals surface area contributed by atoms with Crippen LogP contribution in [0.1, 0.15) is 32.1 Å². The highest BCUT2D eigenvalue weighted by atomic mass is 16.1. The SMILES string of the molecule is O=C=NC1(N=C=O)CCCCC1.O=C=NCN=C=O. The van der Waals surface area contributed by atoms with Gasteiger partial charge in [0.05, 0.1) is 0 Å². The molecule has 0 saturated heterocycles. The van der Waals surface area contributed by atoms with Gasteiger partial charge in [0, 0.05) is 0 Å². The molecule has 19 heavy (non-hydrogen) atoms. The van der Waals surface area contributed by atoms with Crippen molar-refractivity contribution in [2.24, 2.45) is 20.0 Å². The minimum absolute atomic E-state index is 0.160. The predicted octanol–water partition coefficient (Wildman–Crippen LogP) is 0.934. The van der Waals surface area contributed by atoms with Gasteiger partial charge in [-0.05, 0) is 25.7 Å². The minimum Gasteiger partial charge on any atom is -0.211 e. The van der Waals surface area contributed by atoms with E-state index >= 15 is 0 Å². The van der Waals surface area contributed by atoms with E-state index in [0.717, 1.165) is 19.3 Å². The van der Waals surface area contributed by atoms with Crippen molar-refractivity contribution in [1.82, 2.24) is 0 Å². The Labute approximate surface area is 109 Å². The van der Waals surface area contributed by atoms with E-state index in [0.29, 0.717) is 12.8 Å². The zero-order chi connectivity index (χ0) is 14.4. The van der Waals surface area contributed by atoms with E-state index in [2.05, 4.69) is 20.0 Å². The zero-order valence-corrected chi connectivity index (χ0v) is 10.2. The summed E-state index contributed by atoms with van der Waals surface area (Å²) in [7, 11) is 0. The monoisotopic (exact) mass is 264 g/mol. The van der Waals surface area contributed by atoms with Crippen LogP contribution in [0, 0.1) is 0 Å². The second-order valence-electron chi connectivity index (χ2n) is 3.59. The third kappa shape index (κ3) is 7.45. The fraction of sp³-hybridized carbons (Fsp3) is 0.636. The Morgan fingerprint density at radius 2 is 1.21 bits per heavy atom. The van der Waals surface area contributed by atoms with Crippen molar-refractivity contribution in [2.45, 2.75) is 37.8 Å². The first-order valence-corrected chi connectivity index (χ1v) is 5.50. The number of nitrogens with zero attached hydrogens (tertiary/aromatic N) is 4. The lowest BCUT2D eigenvalue weighted by Gasteiger charge is -2.25. The topological polar surface area (TPSA) is 118 Å². The number of carbonyl (C=O) groups excluding carboxylic acids is 4. The Bertz CT molecular complexity index is 423. The molecule has 0 aliphatic heterocycles. The molecule has 100 valence electrons. The highest BCUT2D eigenvalue weighted by Crippen LogP contribution is 2.31. The van der Waals surface area contributed by atoms with Crippen LogP contribution in [0.3, 0.4) is 0 Å². The van der Waals surface area contributed by atoms with Gasteiger partial charge in [-0.3, -0.25) is 0 Å². The average molecular weight is 264 g/mol. The Balaban J connectivity index is 0.000000399. The summed E-state index contributed by atoms with van der Waals surface area (Å²) in [5.74, 6) is 0. The van der Waals surface area contributed by atoms with Crippen molar-refractivity contribution in [2.75, 3.05) is 6.67 Å². The summed E-state index contributed by atoms with van der Waals surface area (Å²) in [4.78, 5) is 51.5. The van der Waals surface area contributed by atoms with Crippen LogP contribution >= 0.6 is 0 Å². The van der Waals surface area contributed by atoms with E-state index < -0.39 is 5.66 Å². The molecule has 1 saturated carbocycles. The van der Waals surface area contributed by atoms with E-state index in [-0.39, 0.29) is 6.67 Å². The number of rotatable bonds is 4. The summed E-state index contributed by atoms with van der Waals surface area (Å²) in [6, 6.07) is 0. The minimum atomic E-state index is -0.818. The van der Waals surface area contributed by atoms with Crippen LogP contribution in [0.4, 0.5) is 0 Å². The Hall–Kier alpha value is -2.48. The first-order chi connectivity index (χ1) is 9.24. The number of hydrogen-bond acceptors (Lipinski definition) is 8. The quantitative estimate of drug-likeness (QED) is 0.554. The lowest BCUT2D eigenvalue weighted by Crippen LogP contribution is -2.26. The highest BCUT2D eigenvalue weighted by molar-refractivity contribution is 5.39. The van der Waals surface area contributed by atoms with Crippen molar-refractivity contribution < 1.29 is 19.2 Å². The van der Waals surface area contributed by atoms with Crippen LogP contribution in [0.15, 0.2) is 20.0 Å². The zero-order valence-electron chi connectivity index (χ0n) is 10.2. The fourth-order valence-corrected chi connectivity index (χ4v) is 1.63. The lowest BCUT2D eigenvalue weighted by atomic mass is 9.90. The van der Waals surface area contributed by atoms with Crippen LogP contribution in [-0.2, 0) is 19.2 Å². The van der Waals surface area contributed by atoms with Gasteiger partial charge in [0.15, 0.2) is 12.3 Å². The molecule has 0 spiro atoms. The van der Waals surface area contributed by atoms with Crippen molar-refractivity contribution >= 4 is 24.3 Å². The molecule has 0 aromatic rings. The van der Waals surface area contributed by atoms with Gasteiger partial charge in [0.25, 0.3) is 0 Å². The van der Waals surface area contributed by atoms with E-state index in [1.807, 2.05) is 0 Å². The molecule has 1 aliphatic carbocycles. The molecule has 0 atom stereocenters. The Morgan fingerprint density at radius 3 is 1.58 bits per heavy atom. The largest absolute Gasteiger partial charge is 0.237 e. The lowest BCUT2D eigenvalue weighted by molar-refractivity contribution is 0.309. The van der Waals surface area contributed by atoms with Gasteiger partial charge in [-0.2, -0.15) is 20.0 Å². The van der Waals surface area contributed by atoms with E-state index in [1.165, 1.54) is 24.3 Å². The van der Waals surface area contributed by atoms with E-state index in [4.69, 9.17) is 0 Å². The summed E-state index contributed by atoms with van der Waals surface area (Å²) < 4.78 is 0. The maximum absolute atomic E-state index is 10.1. The van der Waals surface area contributed by atoms with Crippen molar-refractivity contribution in [3.63, 3.8) is 0 Å². The molecular weight excluding hydrogens is 252 g/mol. The third-order valence-corrected chi connectivity index (χ3v) is 2.43. The normalized spacial score (nSPS) is 14.9. The van der Waals surface area contributed by atoms with Gasteiger partial charge in [-0.1, -0.05) is 6.42 Å². The molecule has 0 bridgehead atoms. The first kappa shape index (κ1) is 16.5. The van der Waals surface area contributed by atoms with Crippen LogP contribution in [0.2, 0.25) is 0 Å². The molecule has 0 aromatic carbocycles. The maximum atomic E-state index is 10.1. The summed E-state index contributed by atoms with van der Waals surface area (Å²) in [5.41, 5.74) is -0.818. The molecule has 0 N–H and O–H groups in total. The van der Waals surface area contributed by atoms with Crippen LogP contribution < -0.4 is 0 Å². The molecule has 8 heteroatoms. The second-order valence-corrected chi connectivity index (χ2v) is 3.59. The fourth-order valence-electron chi connectivity index (χ4n) is 1.63. The molecule has 1 aliphatic rings. The summed E-state index contributed by atoms with van der Waals surface area (Å²) in [5, 5.41) is 0. The van der Waals surface area contributed by atoms with E-state index in [9.17, 15) is 19.2 Å². The molecule has 0 radical (unpaired) electrons. The number of hydrogen-bond donors (Lipinski definition) is 0. The van der Waals surface area contributed by atoms with E-state index in [1.54, 1.807) is 0 Å². The van der Waals surface area contributed by atoms with Crippen molar-refractivity contribution in [3.05, 3.63) is 0 Å². The van der Waals surface area contributed by atoms with Crippen LogP contribution in [0.5, 0.6) is 0 Å². The molecule has 0 aromatic heterocycles. The molecule has 1 fully saturated rings. The van der Waals surface area contributed by atoms with Gasteiger partial charge < -0.3 is 0 Å². The van der Waals surface area contributed by atoms with Gasteiger partial charge >= 0.3 is 0 Å². The van der Waals surface area contributed by atoms with Gasteiger partial charge in [0.1, 0.15) is 0 Å². The third-order valence-electron chi connectivity index (χ3n) is 2.43. The number of isocyanates is 4. The summed E-state index contributed by atoms with van der Waals surface area (Å²) in [6.45, 7) is -0.160. The molecule has 0 amide bonds. The van der Waals surface area contributed by atoms with Gasteiger partial charge in [-0.25, -0.2) is 19.2 Å². The van der Waals surface area contributed by atoms with Gasteiger partial charge in [-0.15, -0.1) is 0 Å². The standard InChI is InChI=1S/C8H10N2O2.C3H2N2O2/c11-6-9-8(10-7-12)4-2-1-3-5-8;6-2-4-1-5-3-7/h1-5H2;1H2. The molecule has 1 rings (SSSR count). The summed E-state index contributed by atoms with van der Waals surface area (Å²) in [6.07, 6.45) is 9.69. The van der Waals surface area contributed by atoms with Crippen molar-refractivity contribution in [3.8, 4) is 0 Å². The maximum Gasteiger partial charge on any atom is 0.237 e. The number of aliphatic imine (C=N–C) groups is 4. The highest BCUT2D eigenvalue weighted by Gasteiger charge is 2.31. The van der Waals surface area contributed by atoms with Crippen LogP contribution in [0.25, 0.3) is 0 Å². The van der Waals surface area contributed by atoms with Crippen LogP contribution in [-0.4, -0.2) is 36.7 Å². The Kier molecular flexibility index (Phi) is 9.27. The molecule has 8 nitrogen and oxygen atoms in total. The Morgan fingerprint density at radius 1 is 0.737 bits per heavy atom. The smallest absolute Gasteiger partial charge is 0.211 e. The summed E-state index contributed by atoms with van der Waals surface area (Å²) >= 11 is 0. The molecule has 0 unspecified atom stereocenters. The molecule has 0 heterocycles. The average Bonchev–Trinajstić information content (AvgIpc) is 2.42. The van der Waals surface area contributed by atoms with Crippen molar-refractivity contribution in [1.29, 1.82) is 0 Å². The first-order valence-electron chi connectivity index (χ1n) is 5.50. The molecular formula is C11H12N4O4.